The molecule has 9 nitrogen and oxygen atoms in total. The van der Waals surface area contributed by atoms with E-state index < -0.39 is 53.4 Å². The summed E-state index contributed by atoms with van der Waals surface area (Å²) in [4.78, 5) is 51.7. The first-order valence-corrected chi connectivity index (χ1v) is 12.3. The van der Waals surface area contributed by atoms with E-state index in [2.05, 4.69) is 17.2 Å². The van der Waals surface area contributed by atoms with Gasteiger partial charge in [0.2, 0.25) is 17.7 Å². The summed E-state index contributed by atoms with van der Waals surface area (Å²) in [5.41, 5.74) is -1.27. The van der Waals surface area contributed by atoms with Gasteiger partial charge in [-0.3, -0.25) is 19.2 Å². The van der Waals surface area contributed by atoms with Crippen LogP contribution >= 0.6 is 0 Å². The minimum Gasteiger partial charge on any atom is -0.356 e. The van der Waals surface area contributed by atoms with Crippen molar-refractivity contribution in [3.63, 3.8) is 0 Å². The normalized spacial score (nSPS) is 27.9. The number of halogens is 3. The van der Waals surface area contributed by atoms with Crippen LogP contribution in [0.1, 0.15) is 47.5 Å². The molecule has 0 bridgehead atoms. The molecule has 2 saturated heterocycles. The summed E-state index contributed by atoms with van der Waals surface area (Å²) in [6, 6.07) is -1.28. The zero-order valence-corrected chi connectivity index (χ0v) is 21.7. The molecule has 3 fully saturated rings. The second-order valence-corrected chi connectivity index (χ2v) is 11.9. The number of rotatable bonds is 7. The van der Waals surface area contributed by atoms with Crippen LogP contribution in [0.25, 0.3) is 0 Å². The fourth-order valence-electron chi connectivity index (χ4n) is 5.62. The van der Waals surface area contributed by atoms with Gasteiger partial charge in [0, 0.05) is 24.6 Å². The fourth-order valence-corrected chi connectivity index (χ4v) is 5.62. The van der Waals surface area contributed by atoms with E-state index in [0.29, 0.717) is 13.0 Å². The molecule has 6 atom stereocenters. The third kappa shape index (κ3) is 5.60. The average molecular weight is 526 g/mol. The first-order valence-electron chi connectivity index (χ1n) is 12.3. The molecule has 3 rings (SSSR count). The van der Waals surface area contributed by atoms with Crippen molar-refractivity contribution in [1.82, 2.24) is 20.9 Å². The quantitative estimate of drug-likeness (QED) is 0.435. The van der Waals surface area contributed by atoms with Crippen LogP contribution in [0.15, 0.2) is 12.2 Å². The second kappa shape index (κ2) is 9.65. The number of piperidine rings is 1. The molecule has 37 heavy (non-hydrogen) atoms. The number of nitrogens with one attached hydrogen (secondary N) is 3. The fraction of sp³-hybridized carbons (Fsp3) is 0.720. The van der Waals surface area contributed by atoms with Crippen molar-refractivity contribution in [1.29, 1.82) is 5.26 Å². The number of carbonyl (C=O) groups is 4. The minimum atomic E-state index is -5.16. The molecule has 4 amide bonds. The minimum absolute atomic E-state index is 0.00103. The maximum atomic E-state index is 13.6. The molecule has 0 radical (unpaired) electrons. The maximum absolute atomic E-state index is 13.6. The van der Waals surface area contributed by atoms with Crippen LogP contribution < -0.4 is 16.0 Å². The van der Waals surface area contributed by atoms with Gasteiger partial charge in [-0.25, -0.2) is 0 Å². The van der Waals surface area contributed by atoms with Crippen LogP contribution in [0.5, 0.6) is 0 Å². The summed E-state index contributed by atoms with van der Waals surface area (Å²) in [7, 11) is 0. The van der Waals surface area contributed by atoms with E-state index >= 15 is 0 Å². The molecule has 0 aromatic rings. The van der Waals surface area contributed by atoms with E-state index in [1.165, 1.54) is 4.90 Å². The van der Waals surface area contributed by atoms with Crippen molar-refractivity contribution in [2.75, 3.05) is 13.1 Å². The smallest absolute Gasteiger partial charge is 0.356 e. The number of alkyl halides is 3. The van der Waals surface area contributed by atoms with Crippen LogP contribution in [0.3, 0.4) is 0 Å². The Morgan fingerprint density at radius 1 is 1.24 bits per heavy atom. The van der Waals surface area contributed by atoms with Gasteiger partial charge in [0.15, 0.2) is 0 Å². The Balaban J connectivity index is 1.81. The van der Waals surface area contributed by atoms with Gasteiger partial charge in [-0.15, -0.1) is 0 Å². The Morgan fingerprint density at radius 2 is 1.86 bits per heavy atom. The summed E-state index contributed by atoms with van der Waals surface area (Å²) >= 11 is 0. The number of nitriles is 1. The summed E-state index contributed by atoms with van der Waals surface area (Å²) < 4.78 is 39.0. The van der Waals surface area contributed by atoms with Crippen molar-refractivity contribution in [2.45, 2.75) is 71.8 Å². The van der Waals surface area contributed by atoms with Gasteiger partial charge < -0.3 is 20.9 Å². The monoisotopic (exact) mass is 525 g/mol. The van der Waals surface area contributed by atoms with Crippen LogP contribution in [0.2, 0.25) is 0 Å². The largest absolute Gasteiger partial charge is 0.471 e. The number of likely N-dealkylation sites (tertiary alicyclic amines) is 1. The molecule has 1 aliphatic carbocycles. The van der Waals surface area contributed by atoms with E-state index in [-0.39, 0.29) is 41.7 Å². The number of hydrogen-bond acceptors (Lipinski definition) is 5. The lowest BCUT2D eigenvalue weighted by Crippen LogP contribution is -2.59. The highest BCUT2D eigenvalue weighted by Gasteiger charge is 2.69. The van der Waals surface area contributed by atoms with Gasteiger partial charge in [-0.2, -0.15) is 18.4 Å². The number of nitrogens with zero attached hydrogens (tertiary/aromatic N) is 2. The van der Waals surface area contributed by atoms with Gasteiger partial charge in [0.25, 0.3) is 0 Å². The van der Waals surface area contributed by atoms with Crippen molar-refractivity contribution in [2.24, 2.45) is 28.6 Å². The van der Waals surface area contributed by atoms with Gasteiger partial charge in [-0.1, -0.05) is 41.2 Å². The molecule has 0 spiro atoms. The molecule has 0 unspecified atom stereocenters. The Labute approximate surface area is 214 Å². The first-order chi connectivity index (χ1) is 16.9. The standard InChI is InChI=1S/C25H34F3N5O4/c1-12(19(34)31-14(10-29)9-13-7-8-30-20(13)35)17-16-15(24(16,5)6)11-33(17)21(36)18(23(2,3)4)32-22(37)25(26,27)28/h13-18H,1,7-9,11H2,2-6H3,(H,30,35)(H,31,34)(H,32,37)/t13-,14-,15-,16-,17+,18+/m0/s1. The zero-order valence-electron chi connectivity index (χ0n) is 21.7. The van der Waals surface area contributed by atoms with Gasteiger partial charge >= 0.3 is 12.1 Å². The predicted molar refractivity (Wildman–Crippen MR) is 126 cm³/mol. The molecule has 12 heteroatoms. The molecule has 2 aliphatic heterocycles. The SMILES string of the molecule is C=C(C(=O)N[C@H](C#N)C[C@@H]1CCNC1=O)[C@@H]1[C@@H]2[C@H](CN1C(=O)[C@@H](NC(=O)C(F)(F)F)C(C)(C)C)C2(C)C. The molecular weight excluding hydrogens is 491 g/mol. The molecule has 3 N–H and O–H groups in total. The Morgan fingerprint density at radius 3 is 2.35 bits per heavy atom. The first kappa shape index (κ1) is 28.5. The third-order valence-electron chi connectivity index (χ3n) is 7.93. The predicted octanol–water partition coefficient (Wildman–Crippen LogP) is 1.65. The highest BCUT2D eigenvalue weighted by Crippen LogP contribution is 2.66. The number of fused-ring (bicyclic) bond motifs is 1. The summed E-state index contributed by atoms with van der Waals surface area (Å²) in [5, 5.41) is 16.6. The lowest BCUT2D eigenvalue weighted by atomic mass is 9.84. The van der Waals surface area contributed by atoms with E-state index in [1.54, 1.807) is 20.8 Å². The van der Waals surface area contributed by atoms with Crippen LogP contribution in [0.4, 0.5) is 13.2 Å². The summed E-state index contributed by atoms with van der Waals surface area (Å²) in [6.45, 7) is 13.2. The van der Waals surface area contributed by atoms with Crippen LogP contribution in [-0.2, 0) is 19.2 Å². The van der Waals surface area contributed by atoms with E-state index in [0.717, 1.165) is 0 Å². The highest BCUT2D eigenvalue weighted by atomic mass is 19.4. The van der Waals surface area contributed by atoms with Crippen molar-refractivity contribution < 1.29 is 32.3 Å². The number of hydrogen-bond donors (Lipinski definition) is 3. The van der Waals surface area contributed by atoms with Crippen molar-refractivity contribution in [3.05, 3.63) is 12.2 Å². The molecule has 204 valence electrons. The van der Waals surface area contributed by atoms with Gasteiger partial charge in [0.05, 0.1) is 12.1 Å². The van der Waals surface area contributed by atoms with Gasteiger partial charge in [-0.05, 0) is 35.5 Å². The molecule has 2 heterocycles. The molecule has 0 aromatic heterocycles. The Kier molecular flexibility index (Phi) is 7.43. The van der Waals surface area contributed by atoms with Crippen LogP contribution in [0, 0.1) is 39.9 Å². The molecule has 3 aliphatic rings. The Bertz CT molecular complexity index is 1040. The zero-order chi connectivity index (χ0) is 28.1. The van der Waals surface area contributed by atoms with Crippen molar-refractivity contribution in [3.8, 4) is 6.07 Å². The van der Waals surface area contributed by atoms with E-state index in [1.807, 2.05) is 25.2 Å². The number of amides is 4. The lowest BCUT2D eigenvalue weighted by molar-refractivity contribution is -0.176. The average Bonchev–Trinajstić information content (AvgIpc) is 3.13. The van der Waals surface area contributed by atoms with Gasteiger partial charge in [0.1, 0.15) is 12.1 Å². The van der Waals surface area contributed by atoms with E-state index in [4.69, 9.17) is 0 Å². The van der Waals surface area contributed by atoms with Crippen molar-refractivity contribution >= 4 is 23.6 Å². The number of carbonyl (C=O) groups excluding carboxylic acids is 4. The summed E-state index contributed by atoms with van der Waals surface area (Å²) in [6.07, 6.45) is -4.49. The highest BCUT2D eigenvalue weighted by molar-refractivity contribution is 5.97. The molecular formula is C25H34F3N5O4. The van der Waals surface area contributed by atoms with E-state index in [9.17, 15) is 37.6 Å². The molecule has 1 saturated carbocycles. The summed E-state index contributed by atoms with van der Waals surface area (Å²) in [5.74, 6) is -4.36. The Hall–Kier alpha value is -3.10. The maximum Gasteiger partial charge on any atom is 0.471 e. The topological polar surface area (TPSA) is 131 Å². The third-order valence-corrected chi connectivity index (χ3v) is 7.93. The molecule has 0 aromatic carbocycles. The van der Waals surface area contributed by atoms with Crippen LogP contribution in [-0.4, -0.2) is 65.9 Å². The second-order valence-electron chi connectivity index (χ2n) is 11.9. The lowest BCUT2D eigenvalue weighted by Gasteiger charge is -2.38.